The average Bonchev–Trinajstić information content (AvgIpc) is 2.99. The fourth-order valence-corrected chi connectivity index (χ4v) is 3.43. The van der Waals surface area contributed by atoms with Crippen LogP contribution in [0.1, 0.15) is 49.3 Å². The largest absolute Gasteiger partial charge is 0.491 e. The number of carbonyl (C=O) groups excluding carboxylic acids is 1. The van der Waals surface area contributed by atoms with Gasteiger partial charge in [-0.2, -0.15) is 0 Å². The molecule has 0 radical (unpaired) electrons. The van der Waals surface area contributed by atoms with Crippen molar-refractivity contribution < 1.29 is 14.6 Å². The van der Waals surface area contributed by atoms with Crippen LogP contribution in [0.4, 0.5) is 0 Å². The number of aliphatic hydroxyl groups excluding tert-OH is 1. The Labute approximate surface area is 182 Å². The normalized spacial score (nSPS) is 12.6. The molecule has 2 aromatic carbocycles. The Kier molecular flexibility index (Phi) is 6.51. The van der Waals surface area contributed by atoms with Crippen molar-refractivity contribution >= 4 is 5.78 Å². The predicted octanol–water partition coefficient (Wildman–Crippen LogP) is 3.89. The lowest BCUT2D eigenvalue weighted by Gasteiger charge is -2.19. The summed E-state index contributed by atoms with van der Waals surface area (Å²) in [6.07, 6.45) is 0.873. The van der Waals surface area contributed by atoms with Crippen molar-refractivity contribution in [2.24, 2.45) is 0 Å². The minimum Gasteiger partial charge on any atom is -0.491 e. The molecule has 0 amide bonds. The minimum absolute atomic E-state index is 0.0237. The second kappa shape index (κ2) is 8.94. The zero-order valence-electron chi connectivity index (χ0n) is 18.8. The van der Waals surface area contributed by atoms with Crippen LogP contribution in [0.3, 0.4) is 0 Å². The number of ketones is 1. The van der Waals surface area contributed by atoms with Gasteiger partial charge in [0, 0.05) is 17.5 Å². The number of hydrogen-bond donors (Lipinski definition) is 1. The van der Waals surface area contributed by atoms with Crippen LogP contribution in [0, 0.1) is 6.92 Å². The first-order chi connectivity index (χ1) is 14.6. The molecular weight excluding hydrogens is 392 g/mol. The van der Waals surface area contributed by atoms with E-state index in [0.29, 0.717) is 17.0 Å². The van der Waals surface area contributed by atoms with Gasteiger partial charge in [-0.05, 0) is 61.2 Å². The molecule has 164 valence electrons. The molecule has 0 aliphatic rings. The zero-order chi connectivity index (χ0) is 22.8. The fourth-order valence-electron chi connectivity index (χ4n) is 3.43. The number of hydrogen-bond acceptors (Lipinski definition) is 4. The third kappa shape index (κ3) is 5.33. The molecule has 0 bridgehead atoms. The van der Waals surface area contributed by atoms with Crippen molar-refractivity contribution in [3.05, 3.63) is 82.0 Å². The molecule has 0 fully saturated rings. The van der Waals surface area contributed by atoms with E-state index in [4.69, 9.17) is 4.74 Å². The molecule has 0 spiro atoms. The second-order valence-corrected chi connectivity index (χ2v) is 8.88. The summed E-state index contributed by atoms with van der Waals surface area (Å²) >= 11 is 0. The van der Waals surface area contributed by atoms with Crippen molar-refractivity contribution in [2.75, 3.05) is 6.61 Å². The zero-order valence-corrected chi connectivity index (χ0v) is 18.8. The van der Waals surface area contributed by atoms with Gasteiger partial charge >= 0.3 is 5.69 Å². The maximum absolute atomic E-state index is 12.9. The summed E-state index contributed by atoms with van der Waals surface area (Å²) in [5, 5.41) is 10.4. The van der Waals surface area contributed by atoms with Crippen LogP contribution in [0.5, 0.6) is 5.75 Å². The molecule has 0 saturated heterocycles. The van der Waals surface area contributed by atoms with Crippen LogP contribution in [0.2, 0.25) is 0 Å². The van der Waals surface area contributed by atoms with Gasteiger partial charge in [-0.25, -0.2) is 4.79 Å². The van der Waals surface area contributed by atoms with E-state index < -0.39 is 6.10 Å². The molecule has 31 heavy (non-hydrogen) atoms. The highest BCUT2D eigenvalue weighted by atomic mass is 16.5. The first kappa shape index (κ1) is 22.6. The standard InChI is InChI=1S/C25H30N2O4/c1-17-14-26(24(30)27(17)21-10-6-19(7-11-21)18(2)28)15-22(29)16-31-23-12-8-20(9-13-23)25(3,4)5/h6-14,22,29H,15-16H2,1-5H3. The number of Topliss-reactive ketones (excluding diaryl/α,β-unsaturated/α-hetero) is 1. The van der Waals surface area contributed by atoms with Crippen molar-refractivity contribution in [2.45, 2.75) is 52.7 Å². The minimum atomic E-state index is -0.838. The number of carbonyl (C=O) groups is 1. The van der Waals surface area contributed by atoms with E-state index in [1.807, 2.05) is 31.2 Å². The Bertz CT molecular complexity index is 1100. The molecule has 0 saturated carbocycles. The summed E-state index contributed by atoms with van der Waals surface area (Å²) in [7, 11) is 0. The van der Waals surface area contributed by atoms with E-state index in [1.165, 1.54) is 17.1 Å². The van der Waals surface area contributed by atoms with Gasteiger partial charge in [-0.15, -0.1) is 0 Å². The van der Waals surface area contributed by atoms with Gasteiger partial charge in [-0.3, -0.25) is 13.9 Å². The first-order valence-corrected chi connectivity index (χ1v) is 10.4. The Hall–Kier alpha value is -3.12. The number of aryl methyl sites for hydroxylation is 1. The molecule has 1 N–H and O–H groups in total. The molecule has 6 nitrogen and oxygen atoms in total. The average molecular weight is 423 g/mol. The molecule has 3 aromatic rings. The molecule has 0 aliphatic carbocycles. The van der Waals surface area contributed by atoms with Crippen LogP contribution >= 0.6 is 0 Å². The number of nitrogens with zero attached hydrogens (tertiary/aromatic N) is 2. The van der Waals surface area contributed by atoms with Crippen LogP contribution in [0.25, 0.3) is 5.69 Å². The summed E-state index contributed by atoms with van der Waals surface area (Å²) in [6.45, 7) is 9.99. The quantitative estimate of drug-likeness (QED) is 0.587. The Morgan fingerprint density at radius 3 is 2.23 bits per heavy atom. The first-order valence-electron chi connectivity index (χ1n) is 10.4. The highest BCUT2D eigenvalue weighted by Gasteiger charge is 2.15. The van der Waals surface area contributed by atoms with Gasteiger partial charge in [0.1, 0.15) is 18.5 Å². The number of benzene rings is 2. The summed E-state index contributed by atoms with van der Waals surface area (Å²) in [4.78, 5) is 24.3. The van der Waals surface area contributed by atoms with Crippen molar-refractivity contribution in [3.8, 4) is 11.4 Å². The molecule has 0 aliphatic heterocycles. The lowest BCUT2D eigenvalue weighted by atomic mass is 9.87. The lowest BCUT2D eigenvalue weighted by molar-refractivity contribution is 0.0915. The van der Waals surface area contributed by atoms with E-state index in [-0.39, 0.29) is 30.0 Å². The van der Waals surface area contributed by atoms with Gasteiger partial charge in [0.2, 0.25) is 0 Å². The number of ether oxygens (including phenoxy) is 1. The van der Waals surface area contributed by atoms with Gasteiger partial charge in [0.15, 0.2) is 5.78 Å². The maximum atomic E-state index is 12.9. The van der Waals surface area contributed by atoms with Gasteiger partial charge < -0.3 is 9.84 Å². The van der Waals surface area contributed by atoms with E-state index in [1.54, 1.807) is 35.0 Å². The molecule has 1 unspecified atom stereocenters. The van der Waals surface area contributed by atoms with Crippen LogP contribution < -0.4 is 10.4 Å². The Balaban J connectivity index is 1.67. The molecule has 3 rings (SSSR count). The number of rotatable bonds is 7. The highest BCUT2D eigenvalue weighted by molar-refractivity contribution is 5.94. The predicted molar refractivity (Wildman–Crippen MR) is 121 cm³/mol. The van der Waals surface area contributed by atoms with E-state index in [2.05, 4.69) is 20.8 Å². The monoisotopic (exact) mass is 422 g/mol. The summed E-state index contributed by atoms with van der Waals surface area (Å²) in [5.41, 5.74) is 3.04. The summed E-state index contributed by atoms with van der Waals surface area (Å²) < 4.78 is 8.74. The van der Waals surface area contributed by atoms with E-state index >= 15 is 0 Å². The van der Waals surface area contributed by atoms with Gasteiger partial charge in [0.25, 0.3) is 0 Å². The summed E-state index contributed by atoms with van der Waals surface area (Å²) in [6, 6.07) is 14.7. The van der Waals surface area contributed by atoms with E-state index in [9.17, 15) is 14.7 Å². The lowest BCUT2D eigenvalue weighted by Crippen LogP contribution is -2.31. The Morgan fingerprint density at radius 2 is 1.68 bits per heavy atom. The smallest absolute Gasteiger partial charge is 0.333 e. The molecular formula is C25H30N2O4. The summed E-state index contributed by atoms with van der Waals surface area (Å²) in [5.74, 6) is 0.656. The van der Waals surface area contributed by atoms with Crippen molar-refractivity contribution in [1.29, 1.82) is 0 Å². The molecule has 1 aromatic heterocycles. The molecule has 1 atom stereocenters. The van der Waals surface area contributed by atoms with Crippen molar-refractivity contribution in [3.63, 3.8) is 0 Å². The number of aliphatic hydroxyl groups is 1. The maximum Gasteiger partial charge on any atom is 0.333 e. The van der Waals surface area contributed by atoms with Crippen LogP contribution in [-0.2, 0) is 12.0 Å². The second-order valence-electron chi connectivity index (χ2n) is 8.88. The molecule has 1 heterocycles. The van der Waals surface area contributed by atoms with Crippen LogP contribution in [-0.4, -0.2) is 32.7 Å². The van der Waals surface area contributed by atoms with Crippen LogP contribution in [0.15, 0.2) is 59.5 Å². The third-order valence-electron chi connectivity index (χ3n) is 5.23. The number of imidazole rings is 1. The molecule has 6 heteroatoms. The third-order valence-corrected chi connectivity index (χ3v) is 5.23. The van der Waals surface area contributed by atoms with E-state index in [0.717, 1.165) is 5.69 Å². The van der Waals surface area contributed by atoms with Crippen molar-refractivity contribution in [1.82, 2.24) is 9.13 Å². The topological polar surface area (TPSA) is 73.5 Å². The Morgan fingerprint density at radius 1 is 1.06 bits per heavy atom. The SMILES string of the molecule is CC(=O)c1ccc(-n2c(C)cn(CC(O)COc3ccc(C(C)(C)C)cc3)c2=O)cc1. The van der Waals surface area contributed by atoms with Gasteiger partial charge in [0.05, 0.1) is 12.2 Å². The fraction of sp³-hybridized carbons (Fsp3) is 0.360. The number of aromatic nitrogens is 2. The highest BCUT2D eigenvalue weighted by Crippen LogP contribution is 2.24. The van der Waals surface area contributed by atoms with Gasteiger partial charge in [-0.1, -0.05) is 32.9 Å².